The highest BCUT2D eigenvalue weighted by Gasteiger charge is 2.47. The van der Waals surface area contributed by atoms with E-state index in [1.807, 2.05) is 0 Å². The van der Waals surface area contributed by atoms with Gasteiger partial charge >= 0.3 is 6.09 Å². The zero-order valence-corrected chi connectivity index (χ0v) is 12.3. The molecule has 2 aliphatic rings. The van der Waals surface area contributed by atoms with Crippen LogP contribution in [0.3, 0.4) is 0 Å². The third kappa shape index (κ3) is 3.22. The molecule has 1 saturated heterocycles. The lowest BCUT2D eigenvalue weighted by molar-refractivity contribution is 0.0350. The van der Waals surface area contributed by atoms with Crippen molar-refractivity contribution in [2.24, 2.45) is 23.2 Å². The van der Waals surface area contributed by atoms with Gasteiger partial charge in [0.2, 0.25) is 0 Å². The summed E-state index contributed by atoms with van der Waals surface area (Å²) in [4.78, 5) is 13.0. The maximum atomic E-state index is 11.4. The van der Waals surface area contributed by atoms with Crippen LogP contribution in [0.25, 0.3) is 0 Å². The minimum absolute atomic E-state index is 0.00156. The predicted molar refractivity (Wildman–Crippen MR) is 74.0 cm³/mol. The molecule has 1 aliphatic heterocycles. The highest BCUT2D eigenvalue weighted by atomic mass is 16.4. The first kappa shape index (κ1) is 14.6. The zero-order chi connectivity index (χ0) is 14.2. The molecule has 0 bridgehead atoms. The number of aliphatic hydroxyl groups excluding tert-OH is 1. The number of rotatable bonds is 3. The monoisotopic (exact) mass is 269 g/mol. The molecule has 0 spiro atoms. The van der Waals surface area contributed by atoms with E-state index < -0.39 is 6.09 Å². The summed E-state index contributed by atoms with van der Waals surface area (Å²) < 4.78 is 0. The molecule has 1 heterocycles. The van der Waals surface area contributed by atoms with Crippen molar-refractivity contribution >= 4 is 6.09 Å². The Balaban J connectivity index is 2.00. The summed E-state index contributed by atoms with van der Waals surface area (Å²) in [6, 6.07) is 0.124. The quantitative estimate of drug-likeness (QED) is 0.828. The molecule has 4 atom stereocenters. The van der Waals surface area contributed by atoms with Crippen LogP contribution in [0.5, 0.6) is 0 Å². The molecular weight excluding hydrogens is 242 g/mol. The first-order chi connectivity index (χ1) is 8.84. The number of hydrogen-bond donors (Lipinski definition) is 2. The normalized spacial score (nSPS) is 35.3. The lowest BCUT2D eigenvalue weighted by atomic mass is 9.75. The van der Waals surface area contributed by atoms with E-state index in [4.69, 9.17) is 5.11 Å². The second-order valence-electron chi connectivity index (χ2n) is 7.31. The molecule has 0 aromatic rings. The number of carbonyl (C=O) groups is 1. The van der Waals surface area contributed by atoms with Crippen LogP contribution in [0.2, 0.25) is 0 Å². The van der Waals surface area contributed by atoms with Crippen LogP contribution < -0.4 is 0 Å². The van der Waals surface area contributed by atoms with Crippen molar-refractivity contribution in [3.05, 3.63) is 0 Å². The molecule has 4 nitrogen and oxygen atoms in total. The van der Waals surface area contributed by atoms with Crippen LogP contribution >= 0.6 is 0 Å². The van der Waals surface area contributed by atoms with Crippen molar-refractivity contribution in [2.45, 2.75) is 52.5 Å². The first-order valence-corrected chi connectivity index (χ1v) is 7.45. The van der Waals surface area contributed by atoms with E-state index in [0.717, 1.165) is 25.2 Å². The third-order valence-corrected chi connectivity index (χ3v) is 4.97. The van der Waals surface area contributed by atoms with Gasteiger partial charge < -0.3 is 15.1 Å². The summed E-state index contributed by atoms with van der Waals surface area (Å²) in [6.45, 7) is 7.36. The number of hydrogen-bond acceptors (Lipinski definition) is 2. The largest absolute Gasteiger partial charge is 0.465 e. The van der Waals surface area contributed by atoms with Crippen molar-refractivity contribution in [2.75, 3.05) is 13.2 Å². The molecule has 2 rings (SSSR count). The lowest BCUT2D eigenvalue weighted by Gasteiger charge is -2.45. The van der Waals surface area contributed by atoms with E-state index in [2.05, 4.69) is 20.8 Å². The fourth-order valence-corrected chi connectivity index (χ4v) is 3.78. The molecular formula is C15H27NO3. The van der Waals surface area contributed by atoms with Crippen molar-refractivity contribution in [1.82, 2.24) is 4.90 Å². The van der Waals surface area contributed by atoms with Gasteiger partial charge in [-0.25, -0.2) is 4.79 Å². The predicted octanol–water partition coefficient (Wildman–Crippen LogP) is 2.81. The van der Waals surface area contributed by atoms with Crippen LogP contribution in [-0.4, -0.2) is 40.4 Å². The van der Waals surface area contributed by atoms with Crippen molar-refractivity contribution < 1.29 is 15.0 Å². The summed E-state index contributed by atoms with van der Waals surface area (Å²) in [5.41, 5.74) is -0.00156. The Hall–Kier alpha value is -0.770. The minimum atomic E-state index is -0.777. The van der Waals surface area contributed by atoms with Gasteiger partial charge in [0, 0.05) is 19.2 Å². The fraction of sp³-hybridized carbons (Fsp3) is 0.933. The standard InChI is InChI=1S/C15H27NO3/c1-15(2,3)13-9-10(4-6-16(13)14(18)19)12-8-11(12)5-7-17/h10-13,17H,4-9H2,1-3H3,(H,18,19)/t10?,11-,12-,13?/m1/s1. The highest BCUT2D eigenvalue weighted by Crippen LogP contribution is 2.51. The summed E-state index contributed by atoms with van der Waals surface area (Å²) in [5.74, 6) is 2.07. The third-order valence-electron chi connectivity index (χ3n) is 4.97. The summed E-state index contributed by atoms with van der Waals surface area (Å²) in [5, 5.41) is 18.3. The Kier molecular flexibility index (Phi) is 4.09. The van der Waals surface area contributed by atoms with Gasteiger partial charge in [-0.05, 0) is 48.9 Å². The van der Waals surface area contributed by atoms with Crippen LogP contribution in [0.1, 0.15) is 46.5 Å². The van der Waals surface area contributed by atoms with Crippen LogP contribution in [0.4, 0.5) is 4.79 Å². The molecule has 110 valence electrons. The molecule has 0 aromatic carbocycles. The highest BCUT2D eigenvalue weighted by molar-refractivity contribution is 5.65. The number of amides is 1. The molecule has 1 saturated carbocycles. The molecule has 2 fully saturated rings. The lowest BCUT2D eigenvalue weighted by Crippen LogP contribution is -2.51. The van der Waals surface area contributed by atoms with Gasteiger partial charge in [0.15, 0.2) is 0 Å². The van der Waals surface area contributed by atoms with E-state index >= 15 is 0 Å². The van der Waals surface area contributed by atoms with Crippen LogP contribution in [0, 0.1) is 23.2 Å². The van der Waals surface area contributed by atoms with Crippen LogP contribution in [0.15, 0.2) is 0 Å². The van der Waals surface area contributed by atoms with E-state index in [-0.39, 0.29) is 18.1 Å². The van der Waals surface area contributed by atoms with E-state index in [1.54, 1.807) is 4.90 Å². The maximum absolute atomic E-state index is 11.4. The van der Waals surface area contributed by atoms with Crippen molar-refractivity contribution in [3.63, 3.8) is 0 Å². The van der Waals surface area contributed by atoms with Gasteiger partial charge in [-0.2, -0.15) is 0 Å². The average molecular weight is 269 g/mol. The fourth-order valence-electron chi connectivity index (χ4n) is 3.78. The van der Waals surface area contributed by atoms with Gasteiger partial charge in [0.05, 0.1) is 0 Å². The number of piperidine rings is 1. The Morgan fingerprint density at radius 3 is 2.53 bits per heavy atom. The maximum Gasteiger partial charge on any atom is 0.407 e. The van der Waals surface area contributed by atoms with E-state index in [0.29, 0.717) is 18.4 Å². The number of carboxylic acid groups (broad SMARTS) is 1. The van der Waals surface area contributed by atoms with Gasteiger partial charge in [0.1, 0.15) is 0 Å². The summed E-state index contributed by atoms with van der Waals surface area (Å²) in [6.07, 6.45) is 3.36. The molecule has 2 N–H and O–H groups in total. The van der Waals surface area contributed by atoms with Crippen LogP contribution in [-0.2, 0) is 0 Å². The number of nitrogens with zero attached hydrogens (tertiary/aromatic N) is 1. The van der Waals surface area contributed by atoms with Gasteiger partial charge in [-0.1, -0.05) is 20.8 Å². The van der Waals surface area contributed by atoms with Gasteiger partial charge in [-0.3, -0.25) is 0 Å². The Morgan fingerprint density at radius 2 is 2.00 bits per heavy atom. The van der Waals surface area contributed by atoms with Gasteiger partial charge in [-0.15, -0.1) is 0 Å². The molecule has 0 aromatic heterocycles. The molecule has 4 heteroatoms. The molecule has 19 heavy (non-hydrogen) atoms. The van der Waals surface area contributed by atoms with Crippen molar-refractivity contribution in [1.29, 1.82) is 0 Å². The number of likely N-dealkylation sites (tertiary alicyclic amines) is 1. The summed E-state index contributed by atoms with van der Waals surface area (Å²) in [7, 11) is 0. The van der Waals surface area contributed by atoms with Gasteiger partial charge in [0.25, 0.3) is 0 Å². The SMILES string of the molecule is CC(C)(C)C1CC([C@H]2C[C@H]2CCO)CCN1C(=O)O. The average Bonchev–Trinajstić information content (AvgIpc) is 3.07. The molecule has 0 radical (unpaired) electrons. The second kappa shape index (κ2) is 5.31. The Labute approximate surface area is 115 Å². The van der Waals surface area contributed by atoms with E-state index in [9.17, 15) is 9.90 Å². The Bertz CT molecular complexity index is 337. The topological polar surface area (TPSA) is 60.8 Å². The van der Waals surface area contributed by atoms with E-state index in [1.165, 1.54) is 6.42 Å². The smallest absolute Gasteiger partial charge is 0.407 e. The zero-order valence-electron chi connectivity index (χ0n) is 12.3. The molecule has 2 unspecified atom stereocenters. The number of aliphatic hydroxyl groups is 1. The van der Waals surface area contributed by atoms with Crippen molar-refractivity contribution in [3.8, 4) is 0 Å². The molecule has 1 amide bonds. The summed E-state index contributed by atoms with van der Waals surface area (Å²) >= 11 is 0. The first-order valence-electron chi connectivity index (χ1n) is 7.45. The second-order valence-corrected chi connectivity index (χ2v) is 7.31. The minimum Gasteiger partial charge on any atom is -0.465 e. The Morgan fingerprint density at radius 1 is 1.32 bits per heavy atom. The molecule has 1 aliphatic carbocycles.